The summed E-state index contributed by atoms with van der Waals surface area (Å²) in [5, 5.41) is 11.0. The Morgan fingerprint density at radius 3 is 2.64 bits per heavy atom. The first kappa shape index (κ1) is 12.9. The molecular formula is C9H17NO4. The van der Waals surface area contributed by atoms with Gasteiger partial charge in [0.15, 0.2) is 0 Å². The van der Waals surface area contributed by atoms with Crippen molar-refractivity contribution in [3.8, 4) is 0 Å². The van der Waals surface area contributed by atoms with Crippen LogP contribution in [0.3, 0.4) is 0 Å². The predicted molar refractivity (Wildman–Crippen MR) is 51.0 cm³/mol. The third-order valence-electron chi connectivity index (χ3n) is 1.58. The molecule has 14 heavy (non-hydrogen) atoms. The number of hydrogen-bond acceptors (Lipinski definition) is 3. The lowest BCUT2D eigenvalue weighted by molar-refractivity contribution is -0.137. The van der Waals surface area contributed by atoms with Crippen molar-refractivity contribution < 1.29 is 19.4 Å². The highest BCUT2D eigenvalue weighted by atomic mass is 16.5. The van der Waals surface area contributed by atoms with Gasteiger partial charge in [-0.25, -0.2) is 0 Å². The molecule has 2 N–H and O–H groups in total. The first-order valence-corrected chi connectivity index (χ1v) is 4.73. The molecular weight excluding hydrogens is 186 g/mol. The summed E-state index contributed by atoms with van der Waals surface area (Å²) in [6.45, 7) is 2.93. The van der Waals surface area contributed by atoms with Crippen molar-refractivity contribution >= 4 is 11.9 Å². The number of unbranched alkanes of at least 4 members (excludes halogenated alkanes) is 1. The summed E-state index contributed by atoms with van der Waals surface area (Å²) in [5.74, 6) is -0.951. The number of ether oxygens (including phenoxy) is 1. The zero-order chi connectivity index (χ0) is 10.8. The van der Waals surface area contributed by atoms with Crippen molar-refractivity contribution in [1.29, 1.82) is 0 Å². The lowest BCUT2D eigenvalue weighted by atomic mass is 10.2. The topological polar surface area (TPSA) is 75.6 Å². The number of amides is 1. The van der Waals surface area contributed by atoms with Crippen molar-refractivity contribution in [2.45, 2.75) is 26.2 Å². The Bertz CT molecular complexity index is 182. The van der Waals surface area contributed by atoms with E-state index in [1.807, 2.05) is 6.92 Å². The molecule has 0 aromatic carbocycles. The van der Waals surface area contributed by atoms with Crippen LogP contribution < -0.4 is 5.32 Å². The van der Waals surface area contributed by atoms with Gasteiger partial charge in [0.25, 0.3) is 0 Å². The maximum atomic E-state index is 10.9. The third kappa shape index (κ3) is 8.99. The van der Waals surface area contributed by atoms with Gasteiger partial charge in [-0.2, -0.15) is 0 Å². The average molecular weight is 203 g/mol. The van der Waals surface area contributed by atoms with E-state index in [4.69, 9.17) is 9.84 Å². The highest BCUT2D eigenvalue weighted by Crippen LogP contribution is 1.93. The minimum atomic E-state index is -0.800. The number of carboxylic acids is 1. The zero-order valence-electron chi connectivity index (χ0n) is 8.41. The van der Waals surface area contributed by atoms with Crippen LogP contribution in [0, 0.1) is 0 Å². The van der Waals surface area contributed by atoms with E-state index in [0.29, 0.717) is 26.0 Å². The van der Waals surface area contributed by atoms with Gasteiger partial charge in [0.05, 0.1) is 0 Å². The Balaban J connectivity index is 3.19. The maximum absolute atomic E-state index is 10.9. The van der Waals surface area contributed by atoms with Gasteiger partial charge in [0, 0.05) is 19.6 Å². The Morgan fingerprint density at radius 1 is 1.36 bits per heavy atom. The van der Waals surface area contributed by atoms with Crippen LogP contribution in [0.5, 0.6) is 0 Å². The smallest absolute Gasteiger partial charge is 0.303 e. The van der Waals surface area contributed by atoms with E-state index in [9.17, 15) is 9.59 Å². The third-order valence-corrected chi connectivity index (χ3v) is 1.58. The Labute approximate surface area is 83.4 Å². The quantitative estimate of drug-likeness (QED) is 0.560. The molecule has 0 fully saturated rings. The van der Waals surface area contributed by atoms with E-state index in [0.717, 1.165) is 0 Å². The van der Waals surface area contributed by atoms with E-state index >= 15 is 0 Å². The zero-order valence-corrected chi connectivity index (χ0v) is 8.41. The molecule has 0 atom stereocenters. The molecule has 5 heteroatoms. The first-order valence-electron chi connectivity index (χ1n) is 4.73. The summed E-state index contributed by atoms with van der Waals surface area (Å²) < 4.78 is 4.88. The first-order chi connectivity index (χ1) is 6.66. The second-order valence-corrected chi connectivity index (χ2v) is 2.84. The van der Waals surface area contributed by atoms with E-state index in [1.54, 1.807) is 0 Å². The molecule has 0 saturated carbocycles. The van der Waals surface area contributed by atoms with Crippen molar-refractivity contribution in [2.24, 2.45) is 0 Å². The lowest BCUT2D eigenvalue weighted by Crippen LogP contribution is -2.28. The minimum Gasteiger partial charge on any atom is -0.481 e. The molecule has 0 radical (unpaired) electrons. The number of carbonyl (C=O) groups is 2. The Hall–Kier alpha value is -1.10. The fourth-order valence-electron chi connectivity index (χ4n) is 0.875. The number of aliphatic carboxylic acids is 1. The number of carboxylic acid groups (broad SMARTS) is 1. The second kappa shape index (κ2) is 8.50. The van der Waals surface area contributed by atoms with Crippen LogP contribution in [0.1, 0.15) is 26.2 Å². The van der Waals surface area contributed by atoms with Crippen molar-refractivity contribution in [1.82, 2.24) is 5.32 Å². The molecule has 0 aromatic heterocycles. The van der Waals surface area contributed by atoms with Gasteiger partial charge >= 0.3 is 5.97 Å². The summed E-state index contributed by atoms with van der Waals surface area (Å²) in [7, 11) is 0. The largest absolute Gasteiger partial charge is 0.481 e. The van der Waals surface area contributed by atoms with E-state index in [-0.39, 0.29) is 18.9 Å². The van der Waals surface area contributed by atoms with Gasteiger partial charge in [-0.05, 0) is 19.8 Å². The number of nitrogens with one attached hydrogen (secondary N) is 1. The molecule has 1 amide bonds. The lowest BCUT2D eigenvalue weighted by Gasteiger charge is -2.03. The molecule has 82 valence electrons. The molecule has 0 heterocycles. The second-order valence-electron chi connectivity index (χ2n) is 2.84. The van der Waals surface area contributed by atoms with Crippen molar-refractivity contribution in [3.05, 3.63) is 0 Å². The van der Waals surface area contributed by atoms with E-state index in [2.05, 4.69) is 5.32 Å². The number of carbonyl (C=O) groups excluding carboxylic acids is 1. The molecule has 5 nitrogen and oxygen atoms in total. The monoisotopic (exact) mass is 203 g/mol. The van der Waals surface area contributed by atoms with Gasteiger partial charge in [0.1, 0.15) is 6.61 Å². The van der Waals surface area contributed by atoms with Crippen molar-refractivity contribution in [3.63, 3.8) is 0 Å². The fraction of sp³-hybridized carbons (Fsp3) is 0.778. The standard InChI is InChI=1S/C9H17NO4/c1-2-14-7-8(11)10-6-4-3-5-9(12)13/h2-7H2,1H3,(H,10,11)(H,12,13). The molecule has 0 rings (SSSR count). The number of hydrogen-bond donors (Lipinski definition) is 2. The van der Waals surface area contributed by atoms with E-state index < -0.39 is 5.97 Å². The molecule has 0 aliphatic carbocycles. The fourth-order valence-corrected chi connectivity index (χ4v) is 0.875. The highest BCUT2D eigenvalue weighted by molar-refractivity contribution is 5.77. The van der Waals surface area contributed by atoms with Gasteiger partial charge in [-0.3, -0.25) is 9.59 Å². The summed E-state index contributed by atoms with van der Waals surface area (Å²) in [4.78, 5) is 21.1. The van der Waals surface area contributed by atoms with Crippen LogP contribution in [-0.2, 0) is 14.3 Å². The Morgan fingerprint density at radius 2 is 2.07 bits per heavy atom. The molecule has 0 spiro atoms. The summed E-state index contributed by atoms with van der Waals surface area (Å²) in [6, 6.07) is 0. The van der Waals surface area contributed by atoms with Gasteiger partial charge in [0.2, 0.25) is 5.91 Å². The van der Waals surface area contributed by atoms with E-state index in [1.165, 1.54) is 0 Å². The molecule has 0 aliphatic rings. The van der Waals surface area contributed by atoms with Gasteiger partial charge in [-0.1, -0.05) is 0 Å². The molecule has 0 bridgehead atoms. The van der Waals surface area contributed by atoms with Crippen LogP contribution >= 0.6 is 0 Å². The average Bonchev–Trinajstić information content (AvgIpc) is 2.13. The van der Waals surface area contributed by atoms with Gasteiger partial charge in [-0.15, -0.1) is 0 Å². The highest BCUT2D eigenvalue weighted by Gasteiger charge is 2.00. The van der Waals surface area contributed by atoms with Crippen LogP contribution in [0.25, 0.3) is 0 Å². The van der Waals surface area contributed by atoms with Crippen LogP contribution in [-0.4, -0.2) is 36.7 Å². The van der Waals surface area contributed by atoms with Crippen LogP contribution in [0.15, 0.2) is 0 Å². The summed E-state index contributed by atoms with van der Waals surface area (Å²) in [6.07, 6.45) is 1.43. The maximum Gasteiger partial charge on any atom is 0.303 e. The molecule has 0 unspecified atom stereocenters. The molecule has 0 aromatic rings. The Kier molecular flexibility index (Phi) is 7.83. The van der Waals surface area contributed by atoms with Gasteiger partial charge < -0.3 is 15.2 Å². The molecule has 0 aliphatic heterocycles. The summed E-state index contributed by atoms with van der Waals surface area (Å²) in [5.41, 5.74) is 0. The molecule has 0 saturated heterocycles. The minimum absolute atomic E-state index is 0.0788. The normalized spacial score (nSPS) is 9.79. The SMILES string of the molecule is CCOCC(=O)NCCCCC(=O)O. The predicted octanol–water partition coefficient (Wildman–Crippen LogP) is 0.394. The van der Waals surface area contributed by atoms with Crippen LogP contribution in [0.2, 0.25) is 0 Å². The summed E-state index contributed by atoms with van der Waals surface area (Å²) >= 11 is 0. The number of rotatable bonds is 8. The van der Waals surface area contributed by atoms with Crippen molar-refractivity contribution in [2.75, 3.05) is 19.8 Å². The van der Waals surface area contributed by atoms with Crippen LogP contribution in [0.4, 0.5) is 0 Å².